The van der Waals surface area contributed by atoms with Gasteiger partial charge in [0.2, 0.25) is 5.95 Å². The van der Waals surface area contributed by atoms with Gasteiger partial charge in [0.1, 0.15) is 0 Å². The lowest BCUT2D eigenvalue weighted by Gasteiger charge is -2.02. The number of hydrogen-bond donors (Lipinski definition) is 2. The summed E-state index contributed by atoms with van der Waals surface area (Å²) in [5.74, 6) is 0.578. The molecule has 0 saturated heterocycles. The molecule has 0 aliphatic rings. The highest BCUT2D eigenvalue weighted by atomic mass is 16.3. The minimum Gasteiger partial charge on any atom is -0.395 e. The van der Waals surface area contributed by atoms with E-state index in [1.54, 1.807) is 0 Å². The molecule has 0 atom stereocenters. The fraction of sp³-hybridized carbons (Fsp3) is 0.556. The molecule has 1 aromatic heterocycles. The molecule has 2 N–H and O–H groups in total. The van der Waals surface area contributed by atoms with Crippen LogP contribution in [0, 0.1) is 0 Å². The number of rotatable bonds is 5. The van der Waals surface area contributed by atoms with Crippen molar-refractivity contribution in [2.45, 2.75) is 19.8 Å². The van der Waals surface area contributed by atoms with Crippen molar-refractivity contribution in [3.63, 3.8) is 0 Å². The van der Waals surface area contributed by atoms with Crippen molar-refractivity contribution < 1.29 is 5.11 Å². The Morgan fingerprint density at radius 2 is 2.08 bits per heavy atom. The maximum atomic E-state index is 8.55. The van der Waals surface area contributed by atoms with Crippen LogP contribution in [-0.4, -0.2) is 28.2 Å². The zero-order chi connectivity index (χ0) is 9.52. The molecular weight excluding hydrogens is 166 g/mol. The average molecular weight is 181 g/mol. The molecule has 1 rings (SSSR count). The summed E-state index contributed by atoms with van der Waals surface area (Å²) in [5, 5.41) is 11.4. The molecule has 0 fully saturated rings. The second kappa shape index (κ2) is 5.48. The number of aryl methyl sites for hydroxylation is 1. The maximum Gasteiger partial charge on any atom is 0.222 e. The molecular formula is C9H15N3O. The first-order valence-corrected chi connectivity index (χ1v) is 4.52. The van der Waals surface area contributed by atoms with Crippen LogP contribution >= 0.6 is 0 Å². The monoisotopic (exact) mass is 181 g/mol. The van der Waals surface area contributed by atoms with E-state index in [4.69, 9.17) is 5.11 Å². The quantitative estimate of drug-likeness (QED) is 0.706. The highest BCUT2D eigenvalue weighted by Crippen LogP contribution is 2.02. The highest BCUT2D eigenvalue weighted by Gasteiger charge is 1.95. The number of nitrogens with zero attached hydrogens (tertiary/aromatic N) is 2. The third-order valence-electron chi connectivity index (χ3n) is 1.64. The lowest BCUT2D eigenvalue weighted by Crippen LogP contribution is -2.08. The SMILES string of the molecule is CCCc1cnc(NCCO)nc1. The average Bonchev–Trinajstić information content (AvgIpc) is 2.17. The van der Waals surface area contributed by atoms with Gasteiger partial charge in [0.25, 0.3) is 0 Å². The van der Waals surface area contributed by atoms with Crippen LogP contribution in [0.25, 0.3) is 0 Å². The molecule has 1 aromatic rings. The van der Waals surface area contributed by atoms with E-state index in [9.17, 15) is 0 Å². The van der Waals surface area contributed by atoms with E-state index in [0.29, 0.717) is 12.5 Å². The number of aromatic nitrogens is 2. The van der Waals surface area contributed by atoms with Gasteiger partial charge in [0.05, 0.1) is 6.61 Å². The second-order valence-electron chi connectivity index (χ2n) is 2.82. The van der Waals surface area contributed by atoms with Gasteiger partial charge in [-0.3, -0.25) is 0 Å². The summed E-state index contributed by atoms with van der Waals surface area (Å²) >= 11 is 0. The van der Waals surface area contributed by atoms with E-state index in [2.05, 4.69) is 22.2 Å². The molecule has 0 saturated carbocycles. The van der Waals surface area contributed by atoms with Crippen LogP contribution in [0.5, 0.6) is 0 Å². The Bertz CT molecular complexity index is 235. The predicted molar refractivity (Wildman–Crippen MR) is 51.6 cm³/mol. The first-order chi connectivity index (χ1) is 6.36. The molecule has 1 heterocycles. The fourth-order valence-corrected chi connectivity index (χ4v) is 1.03. The summed E-state index contributed by atoms with van der Waals surface area (Å²) in [7, 11) is 0. The highest BCUT2D eigenvalue weighted by molar-refractivity contribution is 5.24. The molecule has 0 aliphatic heterocycles. The lowest BCUT2D eigenvalue weighted by molar-refractivity contribution is 0.311. The topological polar surface area (TPSA) is 58.0 Å². The van der Waals surface area contributed by atoms with Gasteiger partial charge >= 0.3 is 0 Å². The largest absolute Gasteiger partial charge is 0.395 e. The Balaban J connectivity index is 2.48. The minimum atomic E-state index is 0.0973. The Morgan fingerprint density at radius 3 is 2.62 bits per heavy atom. The van der Waals surface area contributed by atoms with Gasteiger partial charge in [-0.05, 0) is 12.0 Å². The Labute approximate surface area is 78.0 Å². The molecule has 0 radical (unpaired) electrons. The first kappa shape index (κ1) is 9.92. The summed E-state index contributed by atoms with van der Waals surface area (Å²) in [4.78, 5) is 8.20. The number of anilines is 1. The van der Waals surface area contributed by atoms with Crippen LogP contribution in [-0.2, 0) is 6.42 Å². The third-order valence-corrected chi connectivity index (χ3v) is 1.64. The molecule has 0 aliphatic carbocycles. The Morgan fingerprint density at radius 1 is 1.38 bits per heavy atom. The standard InChI is InChI=1S/C9H15N3O/c1-2-3-8-6-11-9(12-7-8)10-4-5-13/h6-7,13H,2-5H2,1H3,(H,10,11,12). The second-order valence-corrected chi connectivity index (χ2v) is 2.82. The van der Waals surface area contributed by atoms with Gasteiger partial charge in [-0.15, -0.1) is 0 Å². The van der Waals surface area contributed by atoms with Crippen molar-refractivity contribution >= 4 is 5.95 Å². The van der Waals surface area contributed by atoms with Crippen molar-refractivity contribution in [2.24, 2.45) is 0 Å². The van der Waals surface area contributed by atoms with Crippen LogP contribution in [0.15, 0.2) is 12.4 Å². The summed E-state index contributed by atoms with van der Waals surface area (Å²) in [6, 6.07) is 0. The molecule has 0 spiro atoms. The van der Waals surface area contributed by atoms with Crippen molar-refractivity contribution in [3.8, 4) is 0 Å². The molecule has 0 unspecified atom stereocenters. The van der Waals surface area contributed by atoms with Crippen molar-refractivity contribution in [1.29, 1.82) is 0 Å². The summed E-state index contributed by atoms with van der Waals surface area (Å²) in [6.07, 6.45) is 5.75. The van der Waals surface area contributed by atoms with Crippen LogP contribution in [0.1, 0.15) is 18.9 Å². The zero-order valence-corrected chi connectivity index (χ0v) is 7.82. The third kappa shape index (κ3) is 3.38. The fourth-order valence-electron chi connectivity index (χ4n) is 1.03. The first-order valence-electron chi connectivity index (χ1n) is 4.52. The van der Waals surface area contributed by atoms with Crippen molar-refractivity contribution in [1.82, 2.24) is 9.97 Å². The minimum absolute atomic E-state index is 0.0973. The van der Waals surface area contributed by atoms with Crippen LogP contribution < -0.4 is 5.32 Å². The summed E-state index contributed by atoms with van der Waals surface area (Å²) in [5.41, 5.74) is 1.15. The van der Waals surface area contributed by atoms with E-state index >= 15 is 0 Å². The van der Waals surface area contributed by atoms with Gasteiger partial charge in [-0.25, -0.2) is 9.97 Å². The predicted octanol–water partition coefficient (Wildman–Crippen LogP) is 0.833. The number of hydrogen-bond acceptors (Lipinski definition) is 4. The number of nitrogens with one attached hydrogen (secondary N) is 1. The molecule has 4 heteroatoms. The normalized spacial score (nSPS) is 10.0. The Kier molecular flexibility index (Phi) is 4.18. The smallest absolute Gasteiger partial charge is 0.222 e. The van der Waals surface area contributed by atoms with Gasteiger partial charge in [0, 0.05) is 18.9 Å². The van der Waals surface area contributed by atoms with Crippen LogP contribution in [0.3, 0.4) is 0 Å². The molecule has 0 bridgehead atoms. The van der Waals surface area contributed by atoms with E-state index in [1.165, 1.54) is 0 Å². The van der Waals surface area contributed by atoms with E-state index < -0.39 is 0 Å². The van der Waals surface area contributed by atoms with Crippen molar-refractivity contribution in [3.05, 3.63) is 18.0 Å². The van der Waals surface area contributed by atoms with Crippen molar-refractivity contribution in [2.75, 3.05) is 18.5 Å². The molecule has 13 heavy (non-hydrogen) atoms. The van der Waals surface area contributed by atoms with Crippen LogP contribution in [0.2, 0.25) is 0 Å². The zero-order valence-electron chi connectivity index (χ0n) is 7.82. The van der Waals surface area contributed by atoms with E-state index in [1.807, 2.05) is 12.4 Å². The molecule has 0 amide bonds. The molecule has 4 nitrogen and oxygen atoms in total. The van der Waals surface area contributed by atoms with Crippen LogP contribution in [0.4, 0.5) is 5.95 Å². The number of aliphatic hydroxyl groups is 1. The van der Waals surface area contributed by atoms with E-state index in [0.717, 1.165) is 18.4 Å². The van der Waals surface area contributed by atoms with Gasteiger partial charge < -0.3 is 10.4 Å². The summed E-state index contributed by atoms with van der Waals surface area (Å²) < 4.78 is 0. The molecule has 72 valence electrons. The lowest BCUT2D eigenvalue weighted by atomic mass is 10.2. The van der Waals surface area contributed by atoms with E-state index in [-0.39, 0.29) is 6.61 Å². The summed E-state index contributed by atoms with van der Waals surface area (Å²) in [6.45, 7) is 2.71. The van der Waals surface area contributed by atoms with Gasteiger partial charge in [0.15, 0.2) is 0 Å². The Hall–Kier alpha value is -1.16. The van der Waals surface area contributed by atoms with Gasteiger partial charge in [-0.1, -0.05) is 13.3 Å². The maximum absolute atomic E-state index is 8.55. The number of aliphatic hydroxyl groups excluding tert-OH is 1. The molecule has 0 aromatic carbocycles. The van der Waals surface area contributed by atoms with Gasteiger partial charge in [-0.2, -0.15) is 0 Å².